The molecule has 0 saturated carbocycles. The molecule has 1 amide bonds. The fourth-order valence-electron chi connectivity index (χ4n) is 0.895. The molecule has 0 rings (SSSR count). The number of nitrogens with one attached hydrogen (secondary N) is 1. The highest BCUT2D eigenvalue weighted by Gasteiger charge is 2.03. The van der Waals surface area contributed by atoms with Gasteiger partial charge in [0.1, 0.15) is 5.78 Å². The molecule has 0 aromatic carbocycles. The SMILES string of the molecule is CC(=O)CCCC(=O)NCCC(=O)O. The van der Waals surface area contributed by atoms with Crippen molar-refractivity contribution < 1.29 is 19.5 Å². The maximum Gasteiger partial charge on any atom is 0.305 e. The van der Waals surface area contributed by atoms with E-state index in [2.05, 4.69) is 5.32 Å². The summed E-state index contributed by atoms with van der Waals surface area (Å²) in [5, 5.41) is 10.7. The molecule has 5 heteroatoms. The van der Waals surface area contributed by atoms with E-state index in [1.807, 2.05) is 0 Å². The lowest BCUT2D eigenvalue weighted by molar-refractivity contribution is -0.136. The van der Waals surface area contributed by atoms with Gasteiger partial charge in [0.05, 0.1) is 6.42 Å². The number of carboxylic acid groups (broad SMARTS) is 1. The molecule has 0 aliphatic rings. The summed E-state index contributed by atoms with van der Waals surface area (Å²) in [5.41, 5.74) is 0. The maximum atomic E-state index is 11.0. The first-order valence-electron chi connectivity index (χ1n) is 4.50. The number of ketones is 1. The van der Waals surface area contributed by atoms with Crippen LogP contribution in [0.15, 0.2) is 0 Å². The van der Waals surface area contributed by atoms with Gasteiger partial charge in [0.15, 0.2) is 0 Å². The highest BCUT2D eigenvalue weighted by atomic mass is 16.4. The van der Waals surface area contributed by atoms with Gasteiger partial charge in [0.25, 0.3) is 0 Å². The van der Waals surface area contributed by atoms with Crippen LogP contribution in [0.25, 0.3) is 0 Å². The van der Waals surface area contributed by atoms with Gasteiger partial charge in [-0.1, -0.05) is 0 Å². The molecule has 5 nitrogen and oxygen atoms in total. The number of rotatable bonds is 7. The topological polar surface area (TPSA) is 83.5 Å². The summed E-state index contributed by atoms with van der Waals surface area (Å²) in [5.74, 6) is -1.08. The molecule has 0 aliphatic carbocycles. The van der Waals surface area contributed by atoms with Crippen molar-refractivity contribution in [2.24, 2.45) is 0 Å². The minimum absolute atomic E-state index is 0.0586. The summed E-state index contributed by atoms with van der Waals surface area (Å²) < 4.78 is 0. The van der Waals surface area contributed by atoms with Crippen LogP contribution in [0.1, 0.15) is 32.6 Å². The Morgan fingerprint density at radius 1 is 1.14 bits per heavy atom. The van der Waals surface area contributed by atoms with E-state index in [0.29, 0.717) is 12.8 Å². The molecule has 0 aromatic heterocycles. The van der Waals surface area contributed by atoms with Crippen molar-refractivity contribution in [1.82, 2.24) is 5.32 Å². The Bertz CT molecular complexity index is 203. The lowest BCUT2D eigenvalue weighted by Crippen LogP contribution is -2.25. The molecule has 0 unspecified atom stereocenters. The molecule has 0 spiro atoms. The molecule has 0 aromatic rings. The van der Waals surface area contributed by atoms with E-state index < -0.39 is 5.97 Å². The summed E-state index contributed by atoms with van der Waals surface area (Å²) in [6.45, 7) is 1.62. The van der Waals surface area contributed by atoms with E-state index in [-0.39, 0.29) is 31.1 Å². The van der Waals surface area contributed by atoms with Crippen molar-refractivity contribution in [3.05, 3.63) is 0 Å². The zero-order valence-electron chi connectivity index (χ0n) is 8.21. The first kappa shape index (κ1) is 12.6. The fraction of sp³-hybridized carbons (Fsp3) is 0.667. The number of aliphatic carboxylic acids is 1. The Hall–Kier alpha value is -1.39. The van der Waals surface area contributed by atoms with Gasteiger partial charge in [-0.15, -0.1) is 0 Å². The molecular formula is C9H15NO4. The fourth-order valence-corrected chi connectivity index (χ4v) is 0.895. The largest absolute Gasteiger partial charge is 0.481 e. The minimum atomic E-state index is -0.936. The zero-order chi connectivity index (χ0) is 11.0. The number of Topliss-reactive ketones (excluding diaryl/α,β-unsaturated/α-hetero) is 1. The first-order valence-corrected chi connectivity index (χ1v) is 4.50. The van der Waals surface area contributed by atoms with E-state index in [9.17, 15) is 14.4 Å². The summed E-state index contributed by atoms with van der Waals surface area (Å²) >= 11 is 0. The van der Waals surface area contributed by atoms with Crippen LogP contribution >= 0.6 is 0 Å². The van der Waals surface area contributed by atoms with Crippen LogP contribution in [0.2, 0.25) is 0 Å². The van der Waals surface area contributed by atoms with Gasteiger partial charge in [-0.25, -0.2) is 0 Å². The van der Waals surface area contributed by atoms with Crippen molar-refractivity contribution in [3.8, 4) is 0 Å². The maximum absolute atomic E-state index is 11.0. The third-order valence-corrected chi connectivity index (χ3v) is 1.59. The summed E-state index contributed by atoms with van der Waals surface area (Å²) in [6.07, 6.45) is 1.12. The molecule has 0 radical (unpaired) electrons. The van der Waals surface area contributed by atoms with E-state index in [0.717, 1.165) is 0 Å². The standard InChI is InChI=1S/C9H15NO4/c1-7(11)3-2-4-8(12)10-6-5-9(13)14/h2-6H2,1H3,(H,10,12)(H,13,14). The summed E-state index contributed by atoms with van der Waals surface area (Å²) in [4.78, 5) is 31.6. The van der Waals surface area contributed by atoms with Gasteiger partial charge in [-0.3, -0.25) is 9.59 Å². The zero-order valence-corrected chi connectivity index (χ0v) is 8.21. The van der Waals surface area contributed by atoms with Crippen molar-refractivity contribution in [1.29, 1.82) is 0 Å². The number of carbonyl (C=O) groups is 3. The number of carbonyl (C=O) groups excluding carboxylic acids is 2. The van der Waals surface area contributed by atoms with Gasteiger partial charge >= 0.3 is 5.97 Å². The third-order valence-electron chi connectivity index (χ3n) is 1.59. The molecule has 0 aliphatic heterocycles. The Morgan fingerprint density at radius 2 is 1.79 bits per heavy atom. The quantitative estimate of drug-likeness (QED) is 0.622. The summed E-state index contributed by atoms with van der Waals surface area (Å²) in [6, 6.07) is 0. The Balaban J connectivity index is 3.37. The normalized spacial score (nSPS) is 9.50. The molecule has 0 bridgehead atoms. The van der Waals surface area contributed by atoms with Crippen molar-refractivity contribution >= 4 is 17.7 Å². The van der Waals surface area contributed by atoms with Crippen molar-refractivity contribution in [2.45, 2.75) is 32.6 Å². The molecule has 0 atom stereocenters. The number of hydrogen-bond acceptors (Lipinski definition) is 3. The van der Waals surface area contributed by atoms with Crippen LogP contribution < -0.4 is 5.32 Å². The molecule has 0 heterocycles. The Kier molecular flexibility index (Phi) is 6.36. The molecular weight excluding hydrogens is 186 g/mol. The van der Waals surface area contributed by atoms with E-state index >= 15 is 0 Å². The van der Waals surface area contributed by atoms with Crippen LogP contribution in [0.4, 0.5) is 0 Å². The van der Waals surface area contributed by atoms with Crippen molar-refractivity contribution in [3.63, 3.8) is 0 Å². The van der Waals surface area contributed by atoms with Crippen LogP contribution in [0, 0.1) is 0 Å². The van der Waals surface area contributed by atoms with Gasteiger partial charge in [-0.2, -0.15) is 0 Å². The van der Waals surface area contributed by atoms with Crippen LogP contribution in [-0.4, -0.2) is 29.3 Å². The Labute approximate surface area is 82.5 Å². The van der Waals surface area contributed by atoms with Crippen LogP contribution in [0.5, 0.6) is 0 Å². The lowest BCUT2D eigenvalue weighted by atomic mass is 10.2. The second-order valence-corrected chi connectivity index (χ2v) is 3.05. The first-order chi connectivity index (χ1) is 6.52. The van der Waals surface area contributed by atoms with E-state index in [4.69, 9.17) is 5.11 Å². The Morgan fingerprint density at radius 3 is 2.29 bits per heavy atom. The predicted molar refractivity (Wildman–Crippen MR) is 49.8 cm³/mol. The van der Waals surface area contributed by atoms with Gasteiger partial charge < -0.3 is 15.2 Å². The molecule has 0 saturated heterocycles. The van der Waals surface area contributed by atoms with Crippen molar-refractivity contribution in [2.75, 3.05) is 6.54 Å². The highest BCUT2D eigenvalue weighted by Crippen LogP contribution is 1.95. The monoisotopic (exact) mass is 201 g/mol. The average Bonchev–Trinajstić information content (AvgIpc) is 2.02. The smallest absolute Gasteiger partial charge is 0.305 e. The minimum Gasteiger partial charge on any atom is -0.481 e. The number of hydrogen-bond donors (Lipinski definition) is 2. The molecule has 2 N–H and O–H groups in total. The number of amides is 1. The highest BCUT2D eigenvalue weighted by molar-refractivity contribution is 5.79. The summed E-state index contributed by atoms with van der Waals surface area (Å²) in [7, 11) is 0. The van der Waals surface area contributed by atoms with Crippen LogP contribution in [0.3, 0.4) is 0 Å². The number of carboxylic acids is 1. The van der Waals surface area contributed by atoms with E-state index in [1.165, 1.54) is 6.92 Å². The van der Waals surface area contributed by atoms with Gasteiger partial charge in [-0.05, 0) is 13.3 Å². The molecule has 14 heavy (non-hydrogen) atoms. The third kappa shape index (κ3) is 8.70. The van der Waals surface area contributed by atoms with E-state index in [1.54, 1.807) is 0 Å². The molecule has 0 fully saturated rings. The average molecular weight is 201 g/mol. The van der Waals surface area contributed by atoms with Gasteiger partial charge in [0.2, 0.25) is 5.91 Å². The van der Waals surface area contributed by atoms with Crippen LogP contribution in [-0.2, 0) is 14.4 Å². The molecule has 80 valence electrons. The lowest BCUT2D eigenvalue weighted by Gasteiger charge is -2.01. The second-order valence-electron chi connectivity index (χ2n) is 3.05. The predicted octanol–water partition coefficient (Wildman–Crippen LogP) is 0.337. The van der Waals surface area contributed by atoms with Gasteiger partial charge in [0, 0.05) is 19.4 Å². The second kappa shape index (κ2) is 7.06.